The van der Waals surface area contributed by atoms with E-state index in [0.717, 1.165) is 0 Å². The van der Waals surface area contributed by atoms with Gasteiger partial charge in [0.2, 0.25) is 0 Å². The van der Waals surface area contributed by atoms with Crippen molar-refractivity contribution in [3.05, 3.63) is 0 Å². The fourth-order valence-electron chi connectivity index (χ4n) is 0.876. The van der Waals surface area contributed by atoms with Crippen LogP contribution in [0, 0.1) is 5.92 Å². The van der Waals surface area contributed by atoms with E-state index in [-0.39, 0.29) is 18.6 Å². The number of alkyl halides is 3. The minimum absolute atomic E-state index is 0.0520. The molecule has 1 saturated carbocycles. The van der Waals surface area contributed by atoms with Crippen LogP contribution in [0.4, 0.5) is 8.78 Å². The quantitative estimate of drug-likeness (QED) is 0.709. The van der Waals surface area contributed by atoms with E-state index >= 15 is 0 Å². The van der Waals surface area contributed by atoms with Gasteiger partial charge in [-0.2, -0.15) is 8.78 Å². The van der Waals surface area contributed by atoms with E-state index in [1.807, 2.05) is 15.9 Å². The summed E-state index contributed by atoms with van der Waals surface area (Å²) >= 11 is 1.93. The topological polar surface area (TPSA) is 49.3 Å². The number of nitrogens with one attached hydrogen (secondary N) is 1. The third kappa shape index (κ3) is 2.38. The predicted octanol–water partition coefficient (Wildman–Crippen LogP) is 0.471. The largest absolute Gasteiger partial charge is 0.396 e. The summed E-state index contributed by atoms with van der Waals surface area (Å²) in [6, 6.07) is -0.286. The molecule has 0 heterocycles. The summed E-state index contributed by atoms with van der Waals surface area (Å²) in [4.78, 5) is 7.08. The van der Waals surface area contributed by atoms with Crippen LogP contribution in [-0.4, -0.2) is 28.5 Å². The van der Waals surface area contributed by atoms with Gasteiger partial charge in [0.25, 0.3) is 0 Å². The van der Waals surface area contributed by atoms with E-state index in [9.17, 15) is 13.6 Å². The monoisotopic (exact) mass is 243 g/mol. The van der Waals surface area contributed by atoms with E-state index in [1.165, 1.54) is 0 Å². The minimum Gasteiger partial charge on any atom is -0.396 e. The molecule has 1 aliphatic carbocycles. The van der Waals surface area contributed by atoms with Crippen LogP contribution in [0.1, 0.15) is 6.42 Å². The fraction of sp³-hybridized carbons (Fsp3) is 0.833. The summed E-state index contributed by atoms with van der Waals surface area (Å²) in [6.07, 6.45) is 0.575. The van der Waals surface area contributed by atoms with Crippen LogP contribution in [0.2, 0.25) is 0 Å². The summed E-state index contributed by atoms with van der Waals surface area (Å²) in [7, 11) is 0. The van der Waals surface area contributed by atoms with Crippen molar-refractivity contribution in [2.75, 3.05) is 6.61 Å². The Morgan fingerprint density at radius 1 is 1.75 bits per heavy atom. The van der Waals surface area contributed by atoms with Gasteiger partial charge in [0.1, 0.15) is 0 Å². The second kappa shape index (κ2) is 3.26. The molecule has 1 fully saturated rings. The van der Waals surface area contributed by atoms with Gasteiger partial charge in [-0.05, 0) is 6.42 Å². The maximum absolute atomic E-state index is 12.2. The van der Waals surface area contributed by atoms with Crippen LogP contribution in [0.15, 0.2) is 0 Å². The Morgan fingerprint density at radius 3 is 2.67 bits per heavy atom. The zero-order valence-electron chi connectivity index (χ0n) is 6.06. The fourth-order valence-corrected chi connectivity index (χ4v) is 0.991. The van der Waals surface area contributed by atoms with Crippen molar-refractivity contribution in [1.82, 2.24) is 5.32 Å². The lowest BCUT2D eigenvalue weighted by Crippen LogP contribution is -2.37. The van der Waals surface area contributed by atoms with Crippen LogP contribution >= 0.6 is 15.9 Å². The molecule has 1 aliphatic rings. The molecule has 0 radical (unpaired) electrons. The summed E-state index contributed by atoms with van der Waals surface area (Å²) in [5.41, 5.74) is 0. The average molecular weight is 244 g/mol. The van der Waals surface area contributed by atoms with Crippen molar-refractivity contribution in [1.29, 1.82) is 0 Å². The first-order valence-electron chi connectivity index (χ1n) is 3.43. The summed E-state index contributed by atoms with van der Waals surface area (Å²) in [5.74, 6) is -1.40. The highest BCUT2D eigenvalue weighted by atomic mass is 79.9. The van der Waals surface area contributed by atoms with Gasteiger partial charge in [-0.25, -0.2) is 0 Å². The van der Waals surface area contributed by atoms with Crippen LogP contribution in [0.25, 0.3) is 0 Å². The standard InChI is InChI=1S/C6H8BrF2NO2/c7-6(8,9)5(12)10-4-1-3(4)2-11/h3-4,11H,1-2H2,(H,10,12)/t3-,4+/m0/s1. The first-order valence-corrected chi connectivity index (χ1v) is 4.23. The van der Waals surface area contributed by atoms with Gasteiger partial charge in [0.15, 0.2) is 0 Å². The van der Waals surface area contributed by atoms with Gasteiger partial charge in [-0.1, -0.05) is 0 Å². The van der Waals surface area contributed by atoms with Gasteiger partial charge >= 0.3 is 10.7 Å². The number of aliphatic hydroxyl groups excluding tert-OH is 1. The zero-order valence-corrected chi connectivity index (χ0v) is 7.64. The molecule has 0 aliphatic heterocycles. The van der Waals surface area contributed by atoms with Crippen molar-refractivity contribution in [2.24, 2.45) is 5.92 Å². The van der Waals surface area contributed by atoms with E-state index in [1.54, 1.807) is 0 Å². The Bertz CT molecular complexity index is 194. The molecule has 2 N–H and O–H groups in total. The van der Waals surface area contributed by atoms with E-state index in [0.29, 0.717) is 6.42 Å². The van der Waals surface area contributed by atoms with Gasteiger partial charge in [-0.15, -0.1) is 0 Å². The molecule has 0 aromatic heterocycles. The second-order valence-corrected chi connectivity index (χ2v) is 3.75. The minimum atomic E-state index is -3.50. The number of hydrogen-bond donors (Lipinski definition) is 2. The Kier molecular flexibility index (Phi) is 2.67. The van der Waals surface area contributed by atoms with Crippen LogP contribution < -0.4 is 5.32 Å². The van der Waals surface area contributed by atoms with Crippen LogP contribution in [-0.2, 0) is 4.79 Å². The number of rotatable bonds is 3. The Labute approximate surface area is 76.3 Å². The molecule has 3 nitrogen and oxygen atoms in total. The Hall–Kier alpha value is -0.230. The van der Waals surface area contributed by atoms with E-state index in [4.69, 9.17) is 5.11 Å². The van der Waals surface area contributed by atoms with Gasteiger partial charge in [0.05, 0.1) is 0 Å². The number of aliphatic hydroxyl groups is 1. The zero-order chi connectivity index (χ0) is 9.35. The SMILES string of the molecule is O=C(N[C@@H]1C[C@H]1CO)C(F)(F)Br. The van der Waals surface area contributed by atoms with Crippen molar-refractivity contribution in [3.63, 3.8) is 0 Å². The molecule has 0 aromatic rings. The second-order valence-electron chi connectivity index (χ2n) is 2.76. The number of amides is 1. The highest BCUT2D eigenvalue weighted by molar-refractivity contribution is 9.10. The van der Waals surface area contributed by atoms with Crippen LogP contribution in [0.5, 0.6) is 0 Å². The highest BCUT2D eigenvalue weighted by Crippen LogP contribution is 2.31. The lowest BCUT2D eigenvalue weighted by atomic mass is 10.4. The molecule has 0 spiro atoms. The first kappa shape index (κ1) is 9.85. The van der Waals surface area contributed by atoms with Crippen LogP contribution in [0.3, 0.4) is 0 Å². The summed E-state index contributed by atoms with van der Waals surface area (Å²) in [5, 5.41) is 10.6. The molecular weight excluding hydrogens is 236 g/mol. The lowest BCUT2D eigenvalue weighted by molar-refractivity contribution is -0.134. The van der Waals surface area contributed by atoms with Crippen molar-refractivity contribution in [2.45, 2.75) is 17.3 Å². The number of hydrogen-bond acceptors (Lipinski definition) is 2. The Morgan fingerprint density at radius 2 is 2.33 bits per heavy atom. The summed E-state index contributed by atoms with van der Waals surface area (Å²) < 4.78 is 24.4. The molecule has 6 heteroatoms. The van der Waals surface area contributed by atoms with E-state index in [2.05, 4.69) is 5.32 Å². The number of halogens is 3. The van der Waals surface area contributed by atoms with E-state index < -0.39 is 10.7 Å². The highest BCUT2D eigenvalue weighted by Gasteiger charge is 2.43. The molecule has 0 saturated heterocycles. The predicted molar refractivity (Wildman–Crippen MR) is 41.0 cm³/mol. The lowest BCUT2D eigenvalue weighted by Gasteiger charge is -2.08. The normalized spacial score (nSPS) is 28.3. The van der Waals surface area contributed by atoms with Gasteiger partial charge in [-0.3, -0.25) is 4.79 Å². The average Bonchev–Trinajstić information content (AvgIpc) is 2.65. The molecule has 2 atom stereocenters. The van der Waals surface area contributed by atoms with Gasteiger partial charge < -0.3 is 10.4 Å². The van der Waals surface area contributed by atoms with Gasteiger partial charge in [0, 0.05) is 34.5 Å². The third-order valence-electron chi connectivity index (χ3n) is 1.73. The van der Waals surface area contributed by atoms with Crippen molar-refractivity contribution < 1.29 is 18.7 Å². The number of carbonyl (C=O) groups excluding carboxylic acids is 1. The maximum Gasteiger partial charge on any atom is 0.377 e. The Balaban J connectivity index is 2.30. The van der Waals surface area contributed by atoms with Crippen molar-refractivity contribution in [3.8, 4) is 0 Å². The molecule has 12 heavy (non-hydrogen) atoms. The summed E-state index contributed by atoms with van der Waals surface area (Å²) in [6.45, 7) is -0.0706. The molecule has 0 aromatic carbocycles. The van der Waals surface area contributed by atoms with Crippen molar-refractivity contribution >= 4 is 21.8 Å². The molecule has 70 valence electrons. The maximum atomic E-state index is 12.2. The third-order valence-corrected chi connectivity index (χ3v) is 2.09. The molecular formula is C6H8BrF2NO2. The molecule has 0 bridgehead atoms. The smallest absolute Gasteiger partial charge is 0.377 e. The number of carbonyl (C=O) groups is 1. The molecule has 1 rings (SSSR count). The molecule has 1 amide bonds. The first-order chi connectivity index (χ1) is 5.45. The molecule has 0 unspecified atom stereocenters.